The number of hydrogen-bond donors (Lipinski definition) is 2. The molecule has 1 rings (SSSR count). The third-order valence-electron chi connectivity index (χ3n) is 1.86. The quantitative estimate of drug-likeness (QED) is 0.815. The summed E-state index contributed by atoms with van der Waals surface area (Å²) in [5.74, 6) is -0.262. The van der Waals surface area contributed by atoms with Crippen LogP contribution in [0.3, 0.4) is 0 Å². The molecular weight excluding hydrogens is 203 g/mol. The molecule has 0 amide bonds. The molecule has 3 N–H and O–H groups in total. The van der Waals surface area contributed by atoms with Gasteiger partial charge in [0, 0.05) is 12.6 Å². The minimum absolute atomic E-state index is 0.00966. The molecule has 0 aromatic heterocycles. The fourth-order valence-corrected chi connectivity index (χ4v) is 1.34. The van der Waals surface area contributed by atoms with Gasteiger partial charge in [-0.05, 0) is 31.5 Å². The van der Waals surface area contributed by atoms with Crippen molar-refractivity contribution in [1.29, 1.82) is 0 Å². The van der Waals surface area contributed by atoms with Crippen LogP contribution in [0, 0.1) is 12.7 Å². The van der Waals surface area contributed by atoms with Crippen molar-refractivity contribution >= 4 is 17.3 Å². The molecule has 1 atom stereocenters. The lowest BCUT2D eigenvalue weighted by atomic mass is 10.2. The van der Waals surface area contributed by atoms with Crippen molar-refractivity contribution in [3.05, 3.63) is 28.5 Å². The molecule has 0 fully saturated rings. The van der Waals surface area contributed by atoms with Gasteiger partial charge in [0.15, 0.2) is 0 Å². The van der Waals surface area contributed by atoms with Crippen molar-refractivity contribution in [2.24, 2.45) is 5.73 Å². The molecule has 0 saturated heterocycles. The lowest BCUT2D eigenvalue weighted by Crippen LogP contribution is -2.25. The highest BCUT2D eigenvalue weighted by atomic mass is 35.5. The van der Waals surface area contributed by atoms with Crippen LogP contribution in [0.25, 0.3) is 0 Å². The number of aryl methyl sites for hydroxylation is 1. The number of anilines is 1. The van der Waals surface area contributed by atoms with Gasteiger partial charge in [-0.3, -0.25) is 0 Å². The lowest BCUT2D eigenvalue weighted by molar-refractivity contribution is 0.618. The monoisotopic (exact) mass is 216 g/mol. The van der Waals surface area contributed by atoms with E-state index in [1.54, 1.807) is 13.0 Å². The van der Waals surface area contributed by atoms with Gasteiger partial charge < -0.3 is 11.1 Å². The Morgan fingerprint density at radius 2 is 2.21 bits per heavy atom. The Hall–Kier alpha value is -0.800. The molecule has 0 radical (unpaired) electrons. The van der Waals surface area contributed by atoms with Crippen LogP contribution in [0.5, 0.6) is 0 Å². The summed E-state index contributed by atoms with van der Waals surface area (Å²) in [6.45, 7) is 4.12. The molecule has 0 bridgehead atoms. The number of nitrogens with one attached hydrogen (secondary N) is 1. The number of hydrogen-bond acceptors (Lipinski definition) is 2. The van der Waals surface area contributed by atoms with Crippen LogP contribution in [0.15, 0.2) is 12.1 Å². The van der Waals surface area contributed by atoms with Gasteiger partial charge in [-0.1, -0.05) is 11.6 Å². The second kappa shape index (κ2) is 4.62. The first-order valence-electron chi connectivity index (χ1n) is 4.46. The summed E-state index contributed by atoms with van der Waals surface area (Å²) in [5, 5.41) is 3.50. The van der Waals surface area contributed by atoms with Gasteiger partial charge in [0.1, 0.15) is 5.82 Å². The molecule has 0 heterocycles. The van der Waals surface area contributed by atoms with E-state index in [2.05, 4.69) is 5.32 Å². The first-order chi connectivity index (χ1) is 6.50. The molecule has 0 aliphatic carbocycles. The molecule has 1 unspecified atom stereocenters. The van der Waals surface area contributed by atoms with Crippen LogP contribution in [0.1, 0.15) is 12.5 Å². The van der Waals surface area contributed by atoms with Crippen LogP contribution in [0.4, 0.5) is 10.1 Å². The van der Waals surface area contributed by atoms with E-state index in [4.69, 9.17) is 17.3 Å². The van der Waals surface area contributed by atoms with Gasteiger partial charge in [-0.2, -0.15) is 0 Å². The highest BCUT2D eigenvalue weighted by Gasteiger charge is 2.05. The fourth-order valence-electron chi connectivity index (χ4n) is 1.05. The molecule has 2 nitrogen and oxygen atoms in total. The van der Waals surface area contributed by atoms with Crippen molar-refractivity contribution in [3.63, 3.8) is 0 Å². The van der Waals surface area contributed by atoms with Gasteiger partial charge in [0.25, 0.3) is 0 Å². The Balaban J connectivity index is 2.82. The van der Waals surface area contributed by atoms with Crippen molar-refractivity contribution < 1.29 is 4.39 Å². The lowest BCUT2D eigenvalue weighted by Gasteiger charge is -2.11. The molecule has 1 aromatic rings. The van der Waals surface area contributed by atoms with E-state index in [1.807, 2.05) is 6.92 Å². The largest absolute Gasteiger partial charge is 0.382 e. The van der Waals surface area contributed by atoms with Crippen molar-refractivity contribution in [2.45, 2.75) is 19.9 Å². The Bertz CT molecular complexity index is 326. The van der Waals surface area contributed by atoms with Crippen molar-refractivity contribution in [1.82, 2.24) is 0 Å². The maximum atomic E-state index is 13.2. The summed E-state index contributed by atoms with van der Waals surface area (Å²) >= 11 is 5.91. The molecule has 0 aliphatic heterocycles. The predicted molar refractivity (Wildman–Crippen MR) is 58.3 cm³/mol. The molecule has 0 saturated carbocycles. The van der Waals surface area contributed by atoms with Crippen LogP contribution in [0.2, 0.25) is 5.02 Å². The van der Waals surface area contributed by atoms with E-state index in [0.29, 0.717) is 22.8 Å². The summed E-state index contributed by atoms with van der Waals surface area (Å²) in [6.07, 6.45) is 0. The highest BCUT2D eigenvalue weighted by Crippen LogP contribution is 2.24. The third-order valence-corrected chi connectivity index (χ3v) is 2.18. The summed E-state index contributed by atoms with van der Waals surface area (Å²) in [4.78, 5) is 0. The minimum Gasteiger partial charge on any atom is -0.382 e. The fraction of sp³-hybridized carbons (Fsp3) is 0.400. The Labute approximate surface area is 88.2 Å². The summed E-state index contributed by atoms with van der Waals surface area (Å²) in [5.41, 5.74) is 6.69. The Kier molecular flexibility index (Phi) is 3.72. The zero-order valence-electron chi connectivity index (χ0n) is 8.27. The van der Waals surface area contributed by atoms with Gasteiger partial charge in [0.05, 0.1) is 10.7 Å². The van der Waals surface area contributed by atoms with Gasteiger partial charge >= 0.3 is 0 Å². The topological polar surface area (TPSA) is 38.0 Å². The molecular formula is C10H14ClFN2. The molecule has 1 aromatic carbocycles. The van der Waals surface area contributed by atoms with E-state index in [-0.39, 0.29) is 11.9 Å². The number of nitrogens with two attached hydrogens (primary N) is 1. The number of rotatable bonds is 3. The van der Waals surface area contributed by atoms with Crippen LogP contribution in [-0.2, 0) is 0 Å². The van der Waals surface area contributed by atoms with E-state index in [0.717, 1.165) is 0 Å². The van der Waals surface area contributed by atoms with Gasteiger partial charge in [-0.25, -0.2) is 4.39 Å². The standard InChI is InChI=1S/C10H14ClFN2/c1-6-3-8(11)10(4-9(6)12)14-5-7(2)13/h3-4,7,14H,5,13H2,1-2H3. The molecule has 78 valence electrons. The molecule has 0 spiro atoms. The summed E-state index contributed by atoms with van der Waals surface area (Å²) in [6, 6.07) is 3.00. The van der Waals surface area contributed by atoms with Crippen LogP contribution in [-0.4, -0.2) is 12.6 Å². The van der Waals surface area contributed by atoms with E-state index >= 15 is 0 Å². The molecule has 0 aliphatic rings. The van der Waals surface area contributed by atoms with Crippen molar-refractivity contribution in [2.75, 3.05) is 11.9 Å². The SMILES string of the molecule is Cc1cc(Cl)c(NCC(C)N)cc1F. The second-order valence-electron chi connectivity index (χ2n) is 3.44. The van der Waals surface area contributed by atoms with Gasteiger partial charge in [-0.15, -0.1) is 0 Å². The first-order valence-corrected chi connectivity index (χ1v) is 4.83. The normalized spacial score (nSPS) is 12.6. The number of benzene rings is 1. The minimum atomic E-state index is -0.262. The Morgan fingerprint density at radius 3 is 2.79 bits per heavy atom. The van der Waals surface area contributed by atoms with Crippen LogP contribution < -0.4 is 11.1 Å². The third kappa shape index (κ3) is 2.86. The maximum absolute atomic E-state index is 13.2. The summed E-state index contributed by atoms with van der Waals surface area (Å²) < 4.78 is 13.2. The average molecular weight is 217 g/mol. The first kappa shape index (κ1) is 11.3. The zero-order valence-corrected chi connectivity index (χ0v) is 9.03. The number of halogens is 2. The zero-order chi connectivity index (χ0) is 10.7. The van der Waals surface area contributed by atoms with Gasteiger partial charge in [0.2, 0.25) is 0 Å². The summed E-state index contributed by atoms with van der Waals surface area (Å²) in [7, 11) is 0. The van der Waals surface area contributed by atoms with E-state index in [9.17, 15) is 4.39 Å². The van der Waals surface area contributed by atoms with E-state index < -0.39 is 0 Å². The van der Waals surface area contributed by atoms with E-state index in [1.165, 1.54) is 6.07 Å². The van der Waals surface area contributed by atoms with Crippen LogP contribution >= 0.6 is 11.6 Å². The molecule has 4 heteroatoms. The highest BCUT2D eigenvalue weighted by molar-refractivity contribution is 6.33. The second-order valence-corrected chi connectivity index (χ2v) is 3.85. The van der Waals surface area contributed by atoms with Crippen molar-refractivity contribution in [3.8, 4) is 0 Å². The average Bonchev–Trinajstić information content (AvgIpc) is 2.09. The Morgan fingerprint density at radius 1 is 1.57 bits per heavy atom. The maximum Gasteiger partial charge on any atom is 0.128 e. The predicted octanol–water partition coefficient (Wildman–Crippen LogP) is 2.55. The molecule has 14 heavy (non-hydrogen) atoms. The smallest absolute Gasteiger partial charge is 0.128 e.